The van der Waals surface area contributed by atoms with Crippen molar-refractivity contribution >= 4 is 40.6 Å². The molecule has 0 atom stereocenters. The number of amides is 2. The predicted octanol–water partition coefficient (Wildman–Crippen LogP) is 1.98. The van der Waals surface area contributed by atoms with Crippen LogP contribution in [0, 0.1) is 0 Å². The van der Waals surface area contributed by atoms with Gasteiger partial charge in [-0.3, -0.25) is 14.6 Å². The second kappa shape index (κ2) is 6.89. The summed E-state index contributed by atoms with van der Waals surface area (Å²) in [5.41, 5.74) is 0.755. The van der Waals surface area contributed by atoms with E-state index in [1.54, 1.807) is 11.4 Å². The molecule has 1 aliphatic heterocycles. The van der Waals surface area contributed by atoms with E-state index in [0.717, 1.165) is 24.6 Å². The highest BCUT2D eigenvalue weighted by molar-refractivity contribution is 7.99. The van der Waals surface area contributed by atoms with Crippen LogP contribution in [-0.4, -0.2) is 51.3 Å². The molecular formula is C14H14N4O2S2. The monoisotopic (exact) mass is 334 g/mol. The summed E-state index contributed by atoms with van der Waals surface area (Å²) < 4.78 is 0. The number of hydrogen-bond donors (Lipinski definition) is 1. The quantitative estimate of drug-likeness (QED) is 0.929. The summed E-state index contributed by atoms with van der Waals surface area (Å²) in [7, 11) is 0. The number of nitrogens with one attached hydrogen (secondary N) is 1. The molecule has 1 aliphatic rings. The van der Waals surface area contributed by atoms with Crippen molar-refractivity contribution in [2.24, 2.45) is 0 Å². The molecule has 0 radical (unpaired) electrons. The van der Waals surface area contributed by atoms with Gasteiger partial charge in [0.05, 0.1) is 11.9 Å². The lowest BCUT2D eigenvalue weighted by Crippen LogP contribution is -2.37. The van der Waals surface area contributed by atoms with E-state index in [-0.39, 0.29) is 17.5 Å². The van der Waals surface area contributed by atoms with E-state index < -0.39 is 0 Å². The zero-order chi connectivity index (χ0) is 15.4. The van der Waals surface area contributed by atoms with E-state index in [2.05, 4.69) is 15.3 Å². The number of aromatic nitrogens is 2. The van der Waals surface area contributed by atoms with Crippen LogP contribution in [0.1, 0.15) is 20.2 Å². The van der Waals surface area contributed by atoms with Crippen molar-refractivity contribution in [2.75, 3.05) is 29.9 Å². The van der Waals surface area contributed by atoms with Crippen molar-refractivity contribution in [3.63, 3.8) is 0 Å². The summed E-state index contributed by atoms with van der Waals surface area (Å²) in [6.07, 6.45) is 4.36. The third-order valence-corrected chi connectivity index (χ3v) is 5.05. The summed E-state index contributed by atoms with van der Waals surface area (Å²) in [6, 6.07) is 1.74. The number of thioether (sulfide) groups is 1. The highest BCUT2D eigenvalue weighted by Crippen LogP contribution is 2.25. The maximum atomic E-state index is 12.5. The van der Waals surface area contributed by atoms with Gasteiger partial charge < -0.3 is 10.2 Å². The van der Waals surface area contributed by atoms with E-state index >= 15 is 0 Å². The van der Waals surface area contributed by atoms with Gasteiger partial charge >= 0.3 is 0 Å². The first-order valence-electron chi connectivity index (χ1n) is 6.77. The molecule has 3 rings (SSSR count). The molecule has 6 nitrogen and oxygen atoms in total. The Morgan fingerprint density at radius 2 is 2.05 bits per heavy atom. The smallest absolute Gasteiger partial charge is 0.275 e. The number of carbonyl (C=O) groups excluding carboxylic acids is 2. The van der Waals surface area contributed by atoms with Gasteiger partial charge in [0.2, 0.25) is 0 Å². The number of carbonyl (C=O) groups is 2. The van der Waals surface area contributed by atoms with Crippen molar-refractivity contribution in [3.8, 4) is 0 Å². The highest BCUT2D eigenvalue weighted by atomic mass is 32.2. The number of hydrogen-bond acceptors (Lipinski definition) is 6. The van der Waals surface area contributed by atoms with E-state index in [0.29, 0.717) is 10.6 Å². The lowest BCUT2D eigenvalue weighted by atomic mass is 10.3. The van der Waals surface area contributed by atoms with Crippen LogP contribution in [0.2, 0.25) is 0 Å². The fourth-order valence-electron chi connectivity index (χ4n) is 2.09. The first kappa shape index (κ1) is 15.0. The van der Waals surface area contributed by atoms with Gasteiger partial charge in [0.25, 0.3) is 11.8 Å². The number of nitrogens with zero attached hydrogens (tertiary/aromatic N) is 3. The van der Waals surface area contributed by atoms with Crippen LogP contribution in [0.4, 0.5) is 5.69 Å². The van der Waals surface area contributed by atoms with Crippen molar-refractivity contribution < 1.29 is 9.59 Å². The van der Waals surface area contributed by atoms with Crippen molar-refractivity contribution in [1.29, 1.82) is 0 Å². The van der Waals surface area contributed by atoms with Gasteiger partial charge in [0, 0.05) is 37.0 Å². The minimum Gasteiger partial charge on any atom is -0.336 e. The fraction of sp³-hybridized carbons (Fsp3) is 0.286. The second-order valence-corrected chi connectivity index (χ2v) is 6.75. The zero-order valence-electron chi connectivity index (χ0n) is 11.7. The molecule has 0 unspecified atom stereocenters. The molecule has 1 saturated heterocycles. The molecule has 2 aromatic heterocycles. The van der Waals surface area contributed by atoms with Gasteiger partial charge in [-0.2, -0.15) is 11.8 Å². The minimum atomic E-state index is -0.366. The summed E-state index contributed by atoms with van der Waals surface area (Å²) >= 11 is 3.19. The molecule has 114 valence electrons. The Labute approximate surface area is 136 Å². The average molecular weight is 334 g/mol. The van der Waals surface area contributed by atoms with Crippen LogP contribution >= 0.6 is 23.1 Å². The van der Waals surface area contributed by atoms with E-state index in [1.165, 1.54) is 29.9 Å². The van der Waals surface area contributed by atoms with Gasteiger partial charge in [-0.15, -0.1) is 11.3 Å². The molecule has 0 aromatic carbocycles. The first-order valence-corrected chi connectivity index (χ1v) is 8.81. The molecule has 3 heterocycles. The molecule has 1 fully saturated rings. The molecule has 2 amide bonds. The Kier molecular flexibility index (Phi) is 4.69. The van der Waals surface area contributed by atoms with E-state index in [4.69, 9.17) is 0 Å². The van der Waals surface area contributed by atoms with Crippen LogP contribution in [0.25, 0.3) is 0 Å². The Morgan fingerprint density at radius 3 is 2.77 bits per heavy atom. The molecule has 2 aromatic rings. The molecule has 0 spiro atoms. The SMILES string of the molecule is O=C(Nc1ccsc1C(=O)N1CCSCC1)c1cnccn1. The molecule has 8 heteroatoms. The van der Waals surface area contributed by atoms with Gasteiger partial charge in [0.1, 0.15) is 10.6 Å². The van der Waals surface area contributed by atoms with Crippen LogP contribution in [-0.2, 0) is 0 Å². The van der Waals surface area contributed by atoms with E-state index in [9.17, 15) is 9.59 Å². The lowest BCUT2D eigenvalue weighted by Gasteiger charge is -2.26. The molecule has 22 heavy (non-hydrogen) atoms. The molecule has 1 N–H and O–H groups in total. The van der Waals surface area contributed by atoms with Gasteiger partial charge in [0.15, 0.2) is 0 Å². The summed E-state index contributed by atoms with van der Waals surface area (Å²) in [5.74, 6) is 1.52. The largest absolute Gasteiger partial charge is 0.336 e. The topological polar surface area (TPSA) is 75.2 Å². The van der Waals surface area contributed by atoms with Crippen LogP contribution in [0.5, 0.6) is 0 Å². The Balaban J connectivity index is 1.74. The maximum absolute atomic E-state index is 12.5. The van der Waals surface area contributed by atoms with Crippen LogP contribution < -0.4 is 5.32 Å². The van der Waals surface area contributed by atoms with Crippen molar-refractivity contribution in [1.82, 2.24) is 14.9 Å². The Morgan fingerprint density at radius 1 is 1.23 bits per heavy atom. The maximum Gasteiger partial charge on any atom is 0.275 e. The van der Waals surface area contributed by atoms with Gasteiger partial charge in [-0.25, -0.2) is 4.98 Å². The minimum absolute atomic E-state index is 0.0234. The number of rotatable bonds is 3. The molecular weight excluding hydrogens is 320 g/mol. The summed E-state index contributed by atoms with van der Waals surface area (Å²) in [6.45, 7) is 1.50. The standard InChI is InChI=1S/C14H14N4O2S2/c19-13(11-9-15-2-3-16-11)17-10-1-6-22-12(10)14(20)18-4-7-21-8-5-18/h1-3,6,9H,4-5,7-8H2,(H,17,19). The Hall–Kier alpha value is -1.93. The molecule has 0 bridgehead atoms. The van der Waals surface area contributed by atoms with Crippen molar-refractivity contribution in [3.05, 3.63) is 40.6 Å². The fourth-order valence-corrected chi connectivity index (χ4v) is 3.81. The Bertz CT molecular complexity index is 668. The number of thiophene rings is 1. The van der Waals surface area contributed by atoms with Crippen LogP contribution in [0.3, 0.4) is 0 Å². The second-order valence-electron chi connectivity index (χ2n) is 4.61. The summed E-state index contributed by atoms with van der Waals surface area (Å²) in [4.78, 5) is 34.9. The average Bonchev–Trinajstić information content (AvgIpc) is 3.04. The zero-order valence-corrected chi connectivity index (χ0v) is 13.3. The van der Waals surface area contributed by atoms with E-state index in [1.807, 2.05) is 16.7 Å². The summed E-state index contributed by atoms with van der Waals surface area (Å²) in [5, 5.41) is 4.55. The predicted molar refractivity (Wildman–Crippen MR) is 87.5 cm³/mol. The third kappa shape index (κ3) is 3.28. The lowest BCUT2D eigenvalue weighted by molar-refractivity contribution is 0.0778. The first-order chi connectivity index (χ1) is 10.8. The number of anilines is 1. The van der Waals surface area contributed by atoms with Gasteiger partial charge in [-0.1, -0.05) is 0 Å². The molecule has 0 saturated carbocycles. The normalized spacial score (nSPS) is 14.6. The van der Waals surface area contributed by atoms with Crippen molar-refractivity contribution in [2.45, 2.75) is 0 Å². The third-order valence-electron chi connectivity index (χ3n) is 3.20. The van der Waals surface area contributed by atoms with Gasteiger partial charge in [-0.05, 0) is 11.4 Å². The van der Waals surface area contributed by atoms with Crippen LogP contribution in [0.15, 0.2) is 30.0 Å². The molecule has 0 aliphatic carbocycles. The highest BCUT2D eigenvalue weighted by Gasteiger charge is 2.23.